The number of pyridine rings is 2. The Kier molecular flexibility index (Phi) is 6.99. The van der Waals surface area contributed by atoms with E-state index in [2.05, 4.69) is 30.6 Å². The van der Waals surface area contributed by atoms with Crippen molar-refractivity contribution < 1.29 is 22.7 Å². The van der Waals surface area contributed by atoms with Crippen LogP contribution in [0.4, 0.5) is 24.8 Å². The van der Waals surface area contributed by atoms with Crippen LogP contribution in [0.15, 0.2) is 42.9 Å². The summed E-state index contributed by atoms with van der Waals surface area (Å²) in [7, 11) is 0. The van der Waals surface area contributed by atoms with Gasteiger partial charge in [-0.3, -0.25) is 14.8 Å². The molecule has 0 spiro atoms. The molecule has 1 aromatic carbocycles. The van der Waals surface area contributed by atoms with Gasteiger partial charge >= 0.3 is 6.18 Å². The first-order valence-electron chi connectivity index (χ1n) is 10.2. The lowest BCUT2D eigenvalue weighted by atomic mass is 10.1. The molecule has 3 N–H and O–H groups in total. The summed E-state index contributed by atoms with van der Waals surface area (Å²) in [5.41, 5.74) is 0.222. The van der Waals surface area contributed by atoms with Crippen LogP contribution in [0.3, 0.4) is 0 Å². The van der Waals surface area contributed by atoms with Crippen molar-refractivity contribution in [1.82, 2.24) is 25.3 Å². The number of hydrogen-bond donors (Lipinski definition) is 3. The van der Waals surface area contributed by atoms with E-state index < -0.39 is 24.2 Å². The Balaban J connectivity index is 1.62. The van der Waals surface area contributed by atoms with Crippen molar-refractivity contribution in [2.24, 2.45) is 0 Å². The number of aromatic amines is 1. The van der Waals surface area contributed by atoms with E-state index in [4.69, 9.17) is 27.9 Å². The maximum Gasteiger partial charge on any atom is 0.418 e. The molecular weight excluding hydrogens is 508 g/mol. The van der Waals surface area contributed by atoms with Gasteiger partial charge in [0, 0.05) is 24.7 Å². The van der Waals surface area contributed by atoms with Gasteiger partial charge in [0.25, 0.3) is 5.91 Å². The van der Waals surface area contributed by atoms with Crippen LogP contribution in [-0.2, 0) is 12.7 Å². The summed E-state index contributed by atoms with van der Waals surface area (Å²) in [5, 5.41) is 6.01. The summed E-state index contributed by atoms with van der Waals surface area (Å²) in [6, 6.07) is 5.14. The highest BCUT2D eigenvalue weighted by Gasteiger charge is 2.33. The molecule has 3 heterocycles. The number of H-pyrrole nitrogens is 1. The molecule has 4 aromatic rings. The molecular formula is C22H17Cl2F3N6O2. The number of nitrogens with zero attached hydrogens (tertiary/aromatic N) is 3. The van der Waals surface area contributed by atoms with Crippen molar-refractivity contribution in [2.75, 3.05) is 11.9 Å². The van der Waals surface area contributed by atoms with Crippen LogP contribution in [0.25, 0.3) is 11.0 Å². The van der Waals surface area contributed by atoms with E-state index in [0.29, 0.717) is 22.7 Å². The van der Waals surface area contributed by atoms with Gasteiger partial charge in [0.05, 0.1) is 56.7 Å². The Morgan fingerprint density at radius 1 is 1.20 bits per heavy atom. The monoisotopic (exact) mass is 524 g/mol. The number of benzene rings is 1. The molecule has 0 aliphatic heterocycles. The van der Waals surface area contributed by atoms with Crippen LogP contribution in [0.1, 0.15) is 28.5 Å². The average Bonchev–Trinajstić information content (AvgIpc) is 3.20. The fourth-order valence-electron chi connectivity index (χ4n) is 3.29. The van der Waals surface area contributed by atoms with E-state index in [9.17, 15) is 18.0 Å². The minimum atomic E-state index is -4.59. The third kappa shape index (κ3) is 5.41. The first-order chi connectivity index (χ1) is 16.7. The highest BCUT2D eigenvalue weighted by atomic mass is 35.5. The summed E-state index contributed by atoms with van der Waals surface area (Å²) >= 11 is 12.3. The van der Waals surface area contributed by atoms with E-state index in [1.54, 1.807) is 13.0 Å². The van der Waals surface area contributed by atoms with Crippen molar-refractivity contribution >= 4 is 51.8 Å². The van der Waals surface area contributed by atoms with Gasteiger partial charge < -0.3 is 20.4 Å². The predicted octanol–water partition coefficient (Wildman–Crippen LogP) is 5.75. The number of halogens is 5. The highest BCUT2D eigenvalue weighted by Crippen LogP contribution is 2.33. The number of nitrogens with one attached hydrogen (secondary N) is 3. The number of imidazole rings is 1. The number of ether oxygens (including phenoxy) is 1. The molecule has 0 bridgehead atoms. The second-order valence-electron chi connectivity index (χ2n) is 7.17. The van der Waals surface area contributed by atoms with Gasteiger partial charge in [-0.2, -0.15) is 13.2 Å². The normalized spacial score (nSPS) is 11.5. The number of rotatable bonds is 7. The molecule has 182 valence electrons. The number of anilines is 2. The van der Waals surface area contributed by atoms with Gasteiger partial charge in [-0.15, -0.1) is 0 Å². The lowest BCUT2D eigenvalue weighted by molar-refractivity contribution is -0.138. The number of hydrogen-bond acceptors (Lipinski definition) is 6. The van der Waals surface area contributed by atoms with Crippen LogP contribution in [0, 0.1) is 0 Å². The van der Waals surface area contributed by atoms with Crippen molar-refractivity contribution in [3.8, 4) is 5.75 Å². The van der Waals surface area contributed by atoms with Crippen LogP contribution in [0.2, 0.25) is 10.0 Å². The fraction of sp³-hybridized carbons (Fsp3) is 0.182. The second kappa shape index (κ2) is 9.96. The molecule has 1 amide bonds. The minimum Gasteiger partial charge on any atom is -0.493 e. The largest absolute Gasteiger partial charge is 0.493 e. The predicted molar refractivity (Wildman–Crippen MR) is 125 cm³/mol. The zero-order chi connectivity index (χ0) is 25.2. The molecule has 0 atom stereocenters. The van der Waals surface area contributed by atoms with Gasteiger partial charge in [0.15, 0.2) is 0 Å². The molecule has 35 heavy (non-hydrogen) atoms. The number of carbonyl (C=O) groups is 1. The van der Waals surface area contributed by atoms with Crippen molar-refractivity contribution in [3.63, 3.8) is 0 Å². The van der Waals surface area contributed by atoms with Gasteiger partial charge in [0.2, 0.25) is 5.95 Å². The zero-order valence-electron chi connectivity index (χ0n) is 18.0. The summed E-state index contributed by atoms with van der Waals surface area (Å²) < 4.78 is 45.3. The first-order valence-corrected chi connectivity index (χ1v) is 10.9. The van der Waals surface area contributed by atoms with Crippen LogP contribution >= 0.6 is 23.2 Å². The van der Waals surface area contributed by atoms with Gasteiger partial charge in [0.1, 0.15) is 5.75 Å². The maximum atomic E-state index is 13.2. The third-order valence-corrected chi connectivity index (χ3v) is 5.41. The second-order valence-corrected chi connectivity index (χ2v) is 7.98. The first kappa shape index (κ1) is 24.6. The number of amides is 1. The molecule has 13 heteroatoms. The van der Waals surface area contributed by atoms with Gasteiger partial charge in [-0.25, -0.2) is 4.98 Å². The fourth-order valence-corrected chi connectivity index (χ4v) is 3.75. The molecule has 0 unspecified atom stereocenters. The third-order valence-electron chi connectivity index (χ3n) is 4.84. The number of carbonyl (C=O) groups excluding carboxylic acids is 1. The zero-order valence-corrected chi connectivity index (χ0v) is 19.5. The van der Waals surface area contributed by atoms with E-state index in [-0.39, 0.29) is 33.7 Å². The van der Waals surface area contributed by atoms with Crippen LogP contribution in [-0.4, -0.2) is 32.4 Å². The quantitative estimate of drug-likeness (QED) is 0.284. The lowest BCUT2D eigenvalue weighted by Crippen LogP contribution is -2.25. The molecule has 0 fully saturated rings. The van der Waals surface area contributed by atoms with Crippen molar-refractivity contribution in [1.29, 1.82) is 0 Å². The molecule has 0 aliphatic carbocycles. The Morgan fingerprint density at radius 3 is 2.63 bits per heavy atom. The average molecular weight is 525 g/mol. The van der Waals surface area contributed by atoms with Crippen molar-refractivity contribution in [2.45, 2.75) is 19.6 Å². The Morgan fingerprint density at radius 2 is 1.94 bits per heavy atom. The molecule has 0 radical (unpaired) electrons. The molecule has 0 saturated carbocycles. The Hall–Kier alpha value is -3.57. The minimum absolute atomic E-state index is 0.110. The molecule has 4 rings (SSSR count). The van der Waals surface area contributed by atoms with Gasteiger partial charge in [-0.1, -0.05) is 23.2 Å². The molecule has 3 aromatic heterocycles. The van der Waals surface area contributed by atoms with E-state index in [1.165, 1.54) is 30.7 Å². The van der Waals surface area contributed by atoms with Gasteiger partial charge in [-0.05, 0) is 25.1 Å². The lowest BCUT2D eigenvalue weighted by Gasteiger charge is -2.13. The summed E-state index contributed by atoms with van der Waals surface area (Å²) in [6.45, 7) is 1.56. The van der Waals surface area contributed by atoms with Crippen molar-refractivity contribution in [3.05, 3.63) is 69.7 Å². The summed E-state index contributed by atoms with van der Waals surface area (Å²) in [5.74, 6) is -0.135. The number of aromatic nitrogens is 4. The number of fused-ring (bicyclic) bond motifs is 1. The molecule has 8 nitrogen and oxygen atoms in total. The Labute approximate surface area is 206 Å². The van der Waals surface area contributed by atoms with Crippen LogP contribution < -0.4 is 15.4 Å². The summed E-state index contributed by atoms with van der Waals surface area (Å²) in [4.78, 5) is 28.0. The molecule has 0 saturated heterocycles. The highest BCUT2D eigenvalue weighted by molar-refractivity contribution is 6.39. The molecule has 0 aliphatic rings. The topological polar surface area (TPSA) is 105 Å². The number of alkyl halides is 3. The SMILES string of the molecule is CCOc1cc2nc(Nc3c(Cl)cncc3Cl)[nH]c2cc1C(=O)NCc1ncccc1C(F)(F)F. The van der Waals surface area contributed by atoms with E-state index in [1.807, 2.05) is 0 Å². The van der Waals surface area contributed by atoms with E-state index in [0.717, 1.165) is 6.07 Å². The van der Waals surface area contributed by atoms with Crippen LogP contribution in [0.5, 0.6) is 5.75 Å². The smallest absolute Gasteiger partial charge is 0.418 e. The Bertz CT molecular complexity index is 1370. The standard InChI is InChI=1S/C22H17Cl2F3N6O2/c1-2-35-18-7-16-15(31-21(32-16)33-19-13(23)8-28-9-14(19)24)6-11(18)20(34)30-10-17-12(22(25,26)27)4-3-5-29-17/h3-9H,2,10H2,1H3,(H,30,34)(H2,28,31,32,33). The van der Waals surface area contributed by atoms with E-state index >= 15 is 0 Å². The summed E-state index contributed by atoms with van der Waals surface area (Å²) in [6.07, 6.45) is -0.530. The maximum absolute atomic E-state index is 13.2.